The molecule has 90 valence electrons. The second kappa shape index (κ2) is 6.81. The van der Waals surface area contributed by atoms with Crippen LogP contribution in [-0.4, -0.2) is 30.9 Å². The molecular formula is C12H16ClF2N. The number of benzene rings is 1. The average molecular weight is 248 g/mol. The highest BCUT2D eigenvalue weighted by Crippen LogP contribution is 2.10. The molecule has 4 heteroatoms. The van der Waals surface area contributed by atoms with Gasteiger partial charge in [-0.25, -0.2) is 8.78 Å². The molecule has 16 heavy (non-hydrogen) atoms. The fraction of sp³-hybridized carbons (Fsp3) is 0.500. The first-order chi connectivity index (χ1) is 7.63. The van der Waals surface area contributed by atoms with Gasteiger partial charge in [0.2, 0.25) is 0 Å². The maximum Gasteiger partial charge on any atom is 0.126 e. The molecule has 0 atom stereocenters. The van der Waals surface area contributed by atoms with E-state index in [0.717, 1.165) is 19.0 Å². The van der Waals surface area contributed by atoms with E-state index in [1.165, 1.54) is 12.1 Å². The predicted octanol–water partition coefficient (Wildman–Crippen LogP) is 3.07. The SMILES string of the molecule is CN(CCCCl)CCc1cc(F)ccc1F. The van der Waals surface area contributed by atoms with Gasteiger partial charge >= 0.3 is 0 Å². The number of hydrogen-bond donors (Lipinski definition) is 0. The number of likely N-dealkylation sites (N-methyl/N-ethyl adjacent to an activating group) is 1. The summed E-state index contributed by atoms with van der Waals surface area (Å²) in [6, 6.07) is 3.56. The quantitative estimate of drug-likeness (QED) is 0.699. The third-order valence-corrected chi connectivity index (χ3v) is 2.71. The normalized spacial score (nSPS) is 11.1. The third-order valence-electron chi connectivity index (χ3n) is 2.44. The molecule has 0 saturated carbocycles. The zero-order chi connectivity index (χ0) is 12.0. The lowest BCUT2D eigenvalue weighted by molar-refractivity contribution is 0.338. The molecule has 0 radical (unpaired) electrons. The summed E-state index contributed by atoms with van der Waals surface area (Å²) in [5.41, 5.74) is 0.428. The van der Waals surface area contributed by atoms with Crippen molar-refractivity contribution < 1.29 is 8.78 Å². The van der Waals surface area contributed by atoms with E-state index in [1.807, 2.05) is 7.05 Å². The van der Waals surface area contributed by atoms with Crippen molar-refractivity contribution in [1.82, 2.24) is 4.90 Å². The van der Waals surface area contributed by atoms with Gasteiger partial charge in [-0.3, -0.25) is 0 Å². The van der Waals surface area contributed by atoms with Gasteiger partial charge in [-0.05, 0) is 50.2 Å². The van der Waals surface area contributed by atoms with Gasteiger partial charge in [-0.1, -0.05) is 0 Å². The molecule has 0 aliphatic rings. The first-order valence-corrected chi connectivity index (χ1v) is 5.85. The van der Waals surface area contributed by atoms with Crippen LogP contribution in [0.5, 0.6) is 0 Å². The predicted molar refractivity (Wildman–Crippen MR) is 62.9 cm³/mol. The van der Waals surface area contributed by atoms with Crippen LogP contribution < -0.4 is 0 Å². The Labute approximate surface area is 100 Å². The second-order valence-electron chi connectivity index (χ2n) is 3.83. The van der Waals surface area contributed by atoms with E-state index in [4.69, 9.17) is 11.6 Å². The van der Waals surface area contributed by atoms with Gasteiger partial charge < -0.3 is 4.90 Å². The van der Waals surface area contributed by atoms with Gasteiger partial charge in [-0.2, -0.15) is 0 Å². The van der Waals surface area contributed by atoms with Crippen LogP contribution in [0.25, 0.3) is 0 Å². The first-order valence-electron chi connectivity index (χ1n) is 5.32. The first kappa shape index (κ1) is 13.4. The summed E-state index contributed by atoms with van der Waals surface area (Å²) in [5.74, 6) is -0.106. The molecule has 1 aromatic carbocycles. The maximum absolute atomic E-state index is 13.3. The van der Waals surface area contributed by atoms with Crippen LogP contribution in [-0.2, 0) is 6.42 Å². The Morgan fingerprint density at radius 1 is 1.25 bits per heavy atom. The highest BCUT2D eigenvalue weighted by molar-refractivity contribution is 6.17. The summed E-state index contributed by atoms with van der Waals surface area (Å²) in [6.45, 7) is 1.58. The topological polar surface area (TPSA) is 3.24 Å². The summed E-state index contributed by atoms with van der Waals surface area (Å²) in [6.07, 6.45) is 1.42. The van der Waals surface area contributed by atoms with Crippen molar-refractivity contribution in [3.8, 4) is 0 Å². The molecule has 1 nitrogen and oxygen atoms in total. The van der Waals surface area contributed by atoms with E-state index in [9.17, 15) is 8.78 Å². The van der Waals surface area contributed by atoms with Crippen LogP contribution in [0, 0.1) is 11.6 Å². The molecule has 0 spiro atoms. The summed E-state index contributed by atoms with van der Waals surface area (Å²) in [4.78, 5) is 2.06. The molecule has 1 aromatic rings. The molecule has 0 aliphatic heterocycles. The molecule has 0 N–H and O–H groups in total. The molecule has 0 saturated heterocycles. The Kier molecular flexibility index (Phi) is 5.71. The molecule has 0 aliphatic carbocycles. The number of nitrogens with zero attached hydrogens (tertiary/aromatic N) is 1. The van der Waals surface area contributed by atoms with Gasteiger partial charge in [0, 0.05) is 12.4 Å². The second-order valence-corrected chi connectivity index (χ2v) is 4.21. The lowest BCUT2D eigenvalue weighted by Gasteiger charge is -2.15. The fourth-order valence-corrected chi connectivity index (χ4v) is 1.61. The Morgan fingerprint density at radius 2 is 2.00 bits per heavy atom. The highest BCUT2D eigenvalue weighted by Gasteiger charge is 2.05. The Bertz CT molecular complexity index is 331. The van der Waals surface area contributed by atoms with Crippen LogP contribution in [0.4, 0.5) is 8.78 Å². The Morgan fingerprint density at radius 3 is 2.69 bits per heavy atom. The maximum atomic E-state index is 13.3. The minimum absolute atomic E-state index is 0.341. The number of halogens is 3. The lowest BCUT2D eigenvalue weighted by Crippen LogP contribution is -2.23. The lowest BCUT2D eigenvalue weighted by atomic mass is 10.1. The summed E-state index contributed by atoms with van der Waals surface area (Å²) in [5, 5.41) is 0. The zero-order valence-electron chi connectivity index (χ0n) is 9.35. The molecular weight excluding hydrogens is 232 g/mol. The average Bonchev–Trinajstić information content (AvgIpc) is 2.27. The largest absolute Gasteiger partial charge is 0.306 e. The van der Waals surface area contributed by atoms with Crippen molar-refractivity contribution in [2.24, 2.45) is 0 Å². The molecule has 0 heterocycles. The smallest absolute Gasteiger partial charge is 0.126 e. The van der Waals surface area contributed by atoms with Crippen molar-refractivity contribution in [2.45, 2.75) is 12.8 Å². The zero-order valence-corrected chi connectivity index (χ0v) is 10.1. The van der Waals surface area contributed by atoms with E-state index in [2.05, 4.69) is 4.90 Å². The molecule has 1 rings (SSSR count). The van der Waals surface area contributed by atoms with E-state index in [0.29, 0.717) is 24.4 Å². The molecule has 0 amide bonds. The minimum Gasteiger partial charge on any atom is -0.306 e. The van der Waals surface area contributed by atoms with Crippen molar-refractivity contribution in [3.63, 3.8) is 0 Å². The van der Waals surface area contributed by atoms with Crippen LogP contribution in [0.2, 0.25) is 0 Å². The fourth-order valence-electron chi connectivity index (χ4n) is 1.49. The van der Waals surface area contributed by atoms with E-state index in [-0.39, 0.29) is 11.6 Å². The summed E-state index contributed by atoms with van der Waals surface area (Å²) in [7, 11) is 1.95. The van der Waals surface area contributed by atoms with Gasteiger partial charge in [0.25, 0.3) is 0 Å². The Hall–Kier alpha value is -0.670. The van der Waals surface area contributed by atoms with E-state index < -0.39 is 0 Å². The molecule has 0 unspecified atom stereocenters. The minimum atomic E-state index is -0.389. The summed E-state index contributed by atoms with van der Waals surface area (Å²) < 4.78 is 26.1. The van der Waals surface area contributed by atoms with Gasteiger partial charge in [-0.15, -0.1) is 11.6 Å². The number of rotatable bonds is 6. The van der Waals surface area contributed by atoms with E-state index >= 15 is 0 Å². The third kappa shape index (κ3) is 4.45. The van der Waals surface area contributed by atoms with Gasteiger partial charge in [0.15, 0.2) is 0 Å². The van der Waals surface area contributed by atoms with Crippen LogP contribution in [0.1, 0.15) is 12.0 Å². The van der Waals surface area contributed by atoms with Crippen LogP contribution in [0.15, 0.2) is 18.2 Å². The monoisotopic (exact) mass is 247 g/mol. The van der Waals surface area contributed by atoms with Crippen molar-refractivity contribution in [1.29, 1.82) is 0 Å². The highest BCUT2D eigenvalue weighted by atomic mass is 35.5. The summed E-state index contributed by atoms with van der Waals surface area (Å²) >= 11 is 5.57. The van der Waals surface area contributed by atoms with Crippen molar-refractivity contribution in [3.05, 3.63) is 35.4 Å². The van der Waals surface area contributed by atoms with E-state index in [1.54, 1.807) is 0 Å². The molecule has 0 aromatic heterocycles. The van der Waals surface area contributed by atoms with Crippen molar-refractivity contribution in [2.75, 3.05) is 26.0 Å². The number of hydrogen-bond acceptors (Lipinski definition) is 1. The van der Waals surface area contributed by atoms with Gasteiger partial charge in [0.05, 0.1) is 0 Å². The van der Waals surface area contributed by atoms with Crippen LogP contribution >= 0.6 is 11.6 Å². The van der Waals surface area contributed by atoms with Crippen LogP contribution in [0.3, 0.4) is 0 Å². The standard InChI is InChI=1S/C12H16ClF2N/c1-16(7-2-6-13)8-5-10-9-11(14)3-4-12(10)15/h3-4,9H,2,5-8H2,1H3. The Balaban J connectivity index is 2.44. The number of alkyl halides is 1. The molecule has 0 bridgehead atoms. The van der Waals surface area contributed by atoms with Gasteiger partial charge in [0.1, 0.15) is 11.6 Å². The molecule has 0 fully saturated rings. The van der Waals surface area contributed by atoms with Crippen molar-refractivity contribution >= 4 is 11.6 Å².